The molecule has 0 spiro atoms. The molecule has 3 aromatic rings. The molecule has 0 aliphatic carbocycles. The summed E-state index contributed by atoms with van der Waals surface area (Å²) in [6.45, 7) is 2.10. The molecule has 5 heteroatoms. The predicted octanol–water partition coefficient (Wildman–Crippen LogP) is 4.40. The van der Waals surface area contributed by atoms with Crippen molar-refractivity contribution in [2.24, 2.45) is 7.05 Å². The Balaban J connectivity index is 1.98. The van der Waals surface area contributed by atoms with Crippen molar-refractivity contribution in [3.63, 3.8) is 0 Å². The van der Waals surface area contributed by atoms with E-state index in [2.05, 4.69) is 24.2 Å². The highest BCUT2D eigenvalue weighted by Gasteiger charge is 2.11. The van der Waals surface area contributed by atoms with Gasteiger partial charge in [0.25, 0.3) is 0 Å². The maximum atomic E-state index is 11.3. The molecule has 0 amide bonds. The fourth-order valence-corrected chi connectivity index (χ4v) is 3.06. The third-order valence-electron chi connectivity index (χ3n) is 4.53. The molecule has 2 aromatic carbocycles. The first-order chi connectivity index (χ1) is 13.1. The van der Waals surface area contributed by atoms with E-state index in [-0.39, 0.29) is 0 Å². The number of benzene rings is 2. The zero-order chi connectivity index (χ0) is 19.4. The molecule has 0 fully saturated rings. The zero-order valence-corrected chi connectivity index (χ0v) is 15.9. The Labute approximate surface area is 158 Å². The molecule has 0 unspecified atom stereocenters. The van der Waals surface area contributed by atoms with Gasteiger partial charge in [-0.05, 0) is 41.3 Å². The molecule has 27 heavy (non-hydrogen) atoms. The summed E-state index contributed by atoms with van der Waals surface area (Å²) in [5.41, 5.74) is 5.81. The Kier molecular flexibility index (Phi) is 5.41. The van der Waals surface area contributed by atoms with E-state index in [4.69, 9.17) is 9.47 Å². The van der Waals surface area contributed by atoms with Gasteiger partial charge < -0.3 is 9.47 Å². The van der Waals surface area contributed by atoms with Crippen LogP contribution >= 0.6 is 0 Å². The molecule has 1 heterocycles. The molecule has 0 radical (unpaired) electrons. The van der Waals surface area contributed by atoms with Crippen molar-refractivity contribution in [3.8, 4) is 22.6 Å². The monoisotopic (exact) mass is 362 g/mol. The minimum Gasteiger partial charge on any atom is -0.496 e. The number of carbonyl (C=O) groups is 1. The SMILES string of the molecule is COc1cc(/C=C/c2cccc(-c3cnn(C)c3)c2C)cc(OC)c1C=O. The number of methoxy groups -OCH3 is 2. The number of rotatable bonds is 6. The predicted molar refractivity (Wildman–Crippen MR) is 107 cm³/mol. The summed E-state index contributed by atoms with van der Waals surface area (Å²) in [6.07, 6.45) is 8.64. The van der Waals surface area contributed by atoms with E-state index < -0.39 is 0 Å². The summed E-state index contributed by atoms with van der Waals surface area (Å²) in [4.78, 5) is 11.3. The molecule has 1 aromatic heterocycles. The number of ether oxygens (including phenoxy) is 2. The van der Waals surface area contributed by atoms with Crippen LogP contribution in [0.5, 0.6) is 11.5 Å². The normalized spacial score (nSPS) is 11.0. The topological polar surface area (TPSA) is 53.4 Å². The molecule has 0 aliphatic rings. The van der Waals surface area contributed by atoms with E-state index in [1.165, 1.54) is 19.8 Å². The molecular formula is C22H22N2O3. The third-order valence-corrected chi connectivity index (χ3v) is 4.53. The van der Waals surface area contributed by atoms with Crippen molar-refractivity contribution in [1.82, 2.24) is 9.78 Å². The van der Waals surface area contributed by atoms with Gasteiger partial charge in [-0.1, -0.05) is 30.4 Å². The van der Waals surface area contributed by atoms with Crippen molar-refractivity contribution in [3.05, 3.63) is 65.0 Å². The molecule has 0 saturated carbocycles. The van der Waals surface area contributed by atoms with Gasteiger partial charge in [-0.25, -0.2) is 0 Å². The van der Waals surface area contributed by atoms with Gasteiger partial charge in [0.2, 0.25) is 0 Å². The number of nitrogens with zero attached hydrogens (tertiary/aromatic N) is 2. The first kappa shape index (κ1) is 18.5. The van der Waals surface area contributed by atoms with Crippen LogP contribution < -0.4 is 9.47 Å². The lowest BCUT2D eigenvalue weighted by Gasteiger charge is -2.10. The lowest BCUT2D eigenvalue weighted by Crippen LogP contribution is -1.96. The van der Waals surface area contributed by atoms with Gasteiger partial charge in [0.15, 0.2) is 6.29 Å². The number of aryl methyl sites for hydroxylation is 1. The summed E-state index contributed by atoms with van der Waals surface area (Å²) in [5, 5.41) is 4.25. The van der Waals surface area contributed by atoms with Crippen LogP contribution in [0.3, 0.4) is 0 Å². The second-order valence-corrected chi connectivity index (χ2v) is 6.21. The molecule has 138 valence electrons. The molecule has 3 rings (SSSR count). The van der Waals surface area contributed by atoms with Gasteiger partial charge >= 0.3 is 0 Å². The molecule has 0 bridgehead atoms. The Morgan fingerprint density at radius 1 is 1.07 bits per heavy atom. The van der Waals surface area contributed by atoms with Crippen LogP contribution in [0.25, 0.3) is 23.3 Å². The van der Waals surface area contributed by atoms with Crippen molar-refractivity contribution >= 4 is 18.4 Å². The highest BCUT2D eigenvalue weighted by molar-refractivity contribution is 5.86. The first-order valence-corrected chi connectivity index (χ1v) is 8.55. The molecule has 0 atom stereocenters. The zero-order valence-electron chi connectivity index (χ0n) is 15.9. The summed E-state index contributed by atoms with van der Waals surface area (Å²) >= 11 is 0. The molecule has 0 aliphatic heterocycles. The smallest absolute Gasteiger partial charge is 0.157 e. The number of aromatic nitrogens is 2. The minimum absolute atomic E-state index is 0.409. The van der Waals surface area contributed by atoms with Crippen LogP contribution in [0.2, 0.25) is 0 Å². The largest absolute Gasteiger partial charge is 0.496 e. The van der Waals surface area contributed by atoms with Crippen LogP contribution in [0, 0.1) is 6.92 Å². The lowest BCUT2D eigenvalue weighted by atomic mass is 9.97. The molecule has 0 N–H and O–H groups in total. The van der Waals surface area contributed by atoms with Gasteiger partial charge in [0, 0.05) is 18.8 Å². The molecule has 5 nitrogen and oxygen atoms in total. The van der Waals surface area contributed by atoms with Crippen molar-refractivity contribution in [2.75, 3.05) is 14.2 Å². The van der Waals surface area contributed by atoms with Gasteiger partial charge in [-0.15, -0.1) is 0 Å². The average Bonchev–Trinajstić information content (AvgIpc) is 3.12. The summed E-state index contributed by atoms with van der Waals surface area (Å²) in [5.74, 6) is 0.981. The average molecular weight is 362 g/mol. The van der Waals surface area contributed by atoms with E-state index in [1.807, 2.05) is 49.8 Å². The fourth-order valence-electron chi connectivity index (χ4n) is 3.06. The number of hydrogen-bond acceptors (Lipinski definition) is 4. The molecular weight excluding hydrogens is 340 g/mol. The van der Waals surface area contributed by atoms with E-state index in [0.29, 0.717) is 17.1 Å². The van der Waals surface area contributed by atoms with Gasteiger partial charge in [0.05, 0.1) is 26.0 Å². The van der Waals surface area contributed by atoms with Crippen molar-refractivity contribution in [1.29, 1.82) is 0 Å². The van der Waals surface area contributed by atoms with Gasteiger partial charge in [-0.3, -0.25) is 9.48 Å². The fraction of sp³-hybridized carbons (Fsp3) is 0.182. The Morgan fingerprint density at radius 3 is 2.33 bits per heavy atom. The maximum absolute atomic E-state index is 11.3. The van der Waals surface area contributed by atoms with E-state index in [9.17, 15) is 4.79 Å². The third kappa shape index (κ3) is 3.77. The van der Waals surface area contributed by atoms with Crippen molar-refractivity contribution < 1.29 is 14.3 Å². The highest BCUT2D eigenvalue weighted by atomic mass is 16.5. The highest BCUT2D eigenvalue weighted by Crippen LogP contribution is 2.31. The first-order valence-electron chi connectivity index (χ1n) is 8.55. The standard InChI is InChI=1S/C22H22N2O3/c1-15-17(6-5-7-19(15)18-12-23-24(2)13-18)9-8-16-10-21(26-3)20(14-25)22(11-16)27-4/h5-14H,1-4H3/b9-8+. The van der Waals surface area contributed by atoms with Crippen LogP contribution in [0.15, 0.2) is 42.7 Å². The Bertz CT molecular complexity index is 978. The van der Waals surface area contributed by atoms with E-state index in [0.717, 1.165) is 28.5 Å². The second kappa shape index (κ2) is 7.91. The number of carbonyl (C=O) groups excluding carboxylic acids is 1. The Hall–Kier alpha value is -3.34. The molecule has 0 saturated heterocycles. The maximum Gasteiger partial charge on any atom is 0.157 e. The number of aldehydes is 1. The summed E-state index contributed by atoms with van der Waals surface area (Å²) < 4.78 is 12.4. The van der Waals surface area contributed by atoms with E-state index >= 15 is 0 Å². The Morgan fingerprint density at radius 2 is 1.78 bits per heavy atom. The van der Waals surface area contributed by atoms with Crippen LogP contribution in [0.1, 0.15) is 27.0 Å². The van der Waals surface area contributed by atoms with Crippen molar-refractivity contribution in [2.45, 2.75) is 6.92 Å². The second-order valence-electron chi connectivity index (χ2n) is 6.21. The van der Waals surface area contributed by atoms with E-state index in [1.54, 1.807) is 4.68 Å². The summed E-state index contributed by atoms with van der Waals surface area (Å²) in [7, 11) is 4.99. The van der Waals surface area contributed by atoms with Gasteiger partial charge in [0.1, 0.15) is 11.5 Å². The minimum atomic E-state index is 0.409. The quantitative estimate of drug-likeness (QED) is 0.482. The number of hydrogen-bond donors (Lipinski definition) is 0. The van der Waals surface area contributed by atoms with Gasteiger partial charge in [-0.2, -0.15) is 5.10 Å². The lowest BCUT2D eigenvalue weighted by molar-refractivity contribution is 0.111. The van der Waals surface area contributed by atoms with Crippen LogP contribution in [-0.4, -0.2) is 30.3 Å². The summed E-state index contributed by atoms with van der Waals surface area (Å²) in [6, 6.07) is 9.84. The van der Waals surface area contributed by atoms with Crippen LogP contribution in [-0.2, 0) is 7.05 Å². The van der Waals surface area contributed by atoms with Crippen LogP contribution in [0.4, 0.5) is 0 Å².